The van der Waals surface area contributed by atoms with Crippen molar-refractivity contribution in [2.75, 3.05) is 16.4 Å². The zero-order valence-corrected chi connectivity index (χ0v) is 19.2. The maximum atomic E-state index is 14.8. The average Bonchev–Trinajstić information content (AvgIpc) is 2.63. The van der Waals surface area contributed by atoms with E-state index in [0.29, 0.717) is 12.1 Å². The van der Waals surface area contributed by atoms with Gasteiger partial charge in [-0.25, -0.2) is 4.39 Å². The molecule has 2 aromatic carbocycles. The van der Waals surface area contributed by atoms with Gasteiger partial charge in [0, 0.05) is 0 Å². The van der Waals surface area contributed by atoms with E-state index in [0.717, 1.165) is 12.1 Å². The molecule has 1 unspecified atom stereocenters. The molecule has 1 atom stereocenters. The van der Waals surface area contributed by atoms with Gasteiger partial charge < -0.3 is 11.1 Å². The highest BCUT2D eigenvalue weighted by Gasteiger charge is 2.89. The number of amides is 1. The normalized spacial score (nSPS) is 16.9. The van der Waals surface area contributed by atoms with Gasteiger partial charge in [0.25, 0.3) is 10.5 Å². The van der Waals surface area contributed by atoms with E-state index in [1.54, 1.807) is 21.2 Å². The van der Waals surface area contributed by atoms with Gasteiger partial charge in [0.1, 0.15) is 4.90 Å². The van der Waals surface area contributed by atoms with Crippen LogP contribution in [0.1, 0.15) is 10.4 Å². The first-order valence-electron chi connectivity index (χ1n) is 7.66. The molecule has 3 nitrogen and oxygen atoms in total. The lowest BCUT2D eigenvalue weighted by atomic mass is 10.2. The molecule has 0 aliphatic carbocycles. The van der Waals surface area contributed by atoms with Crippen molar-refractivity contribution in [2.45, 2.75) is 14.7 Å². The van der Waals surface area contributed by atoms with Crippen molar-refractivity contribution in [1.82, 2.24) is 0 Å². The van der Waals surface area contributed by atoms with Crippen LogP contribution in [0.25, 0.3) is 0 Å². The van der Waals surface area contributed by atoms with Crippen molar-refractivity contribution in [2.24, 2.45) is 0 Å². The molecule has 1 amide bonds. The first kappa shape index (κ1) is 25.1. The van der Waals surface area contributed by atoms with Crippen LogP contribution in [0.2, 0.25) is 5.02 Å². The SMILES string of the molecule is Nc1cccc(C(=O)Nc2ccccc2S(F)(F)(F)(F)C(F)(F)C(F)(Br)CBr)c1Cl. The van der Waals surface area contributed by atoms with Gasteiger partial charge in [-0.15, -0.1) is 15.5 Å². The lowest BCUT2D eigenvalue weighted by molar-refractivity contribution is -0.0252. The average molecular weight is 609 g/mol. The Bertz CT molecular complexity index is 1020. The van der Waals surface area contributed by atoms with E-state index in [-0.39, 0.29) is 22.3 Å². The molecule has 2 aromatic rings. The van der Waals surface area contributed by atoms with Gasteiger partial charge >= 0.3 is 5.25 Å². The molecule has 3 N–H and O–H groups in total. The zero-order chi connectivity index (χ0) is 23.2. The molecule has 2 rings (SSSR count). The van der Waals surface area contributed by atoms with Crippen LogP contribution in [0, 0.1) is 0 Å². The molecule has 0 heterocycles. The lowest BCUT2D eigenvalue weighted by Gasteiger charge is -2.56. The van der Waals surface area contributed by atoms with Gasteiger partial charge in [-0.05, 0) is 40.2 Å². The summed E-state index contributed by atoms with van der Waals surface area (Å²) in [6.45, 7) is 0. The molecule has 0 bridgehead atoms. The molecular formula is C16H12Br2ClF7N2OS. The highest BCUT2D eigenvalue weighted by molar-refractivity contribution is 9.12. The van der Waals surface area contributed by atoms with Crippen LogP contribution in [-0.2, 0) is 0 Å². The molecule has 0 fully saturated rings. The van der Waals surface area contributed by atoms with Gasteiger partial charge in [-0.1, -0.05) is 45.7 Å². The summed E-state index contributed by atoms with van der Waals surface area (Å²) >= 11 is 9.64. The van der Waals surface area contributed by atoms with Crippen molar-refractivity contribution >= 4 is 70.6 Å². The van der Waals surface area contributed by atoms with Crippen LogP contribution in [0.15, 0.2) is 47.4 Å². The predicted octanol–water partition coefficient (Wildman–Crippen LogP) is 8.00. The Morgan fingerprint density at radius 3 is 2.20 bits per heavy atom. The minimum absolute atomic E-state index is 0.0106. The minimum atomic E-state index is -10.7. The quantitative estimate of drug-likeness (QED) is 0.198. The number of hydrogen-bond acceptors (Lipinski definition) is 2. The smallest absolute Gasteiger partial charge is 0.398 e. The van der Waals surface area contributed by atoms with E-state index in [1.165, 1.54) is 12.1 Å². The molecular weight excluding hydrogens is 597 g/mol. The summed E-state index contributed by atoms with van der Waals surface area (Å²) < 4.78 is 97.4. The molecule has 0 aliphatic heterocycles. The zero-order valence-electron chi connectivity index (χ0n) is 14.4. The number of rotatable bonds is 6. The number of nitrogen functional groups attached to an aromatic ring is 1. The number of nitrogens with one attached hydrogen (secondary N) is 1. The Balaban J connectivity index is 2.68. The number of carbonyl (C=O) groups is 1. The number of para-hydroxylation sites is 1. The maximum absolute atomic E-state index is 14.8. The summed E-state index contributed by atoms with van der Waals surface area (Å²) in [6, 6.07) is 5.77. The van der Waals surface area contributed by atoms with Crippen molar-refractivity contribution in [3.8, 4) is 0 Å². The Kier molecular flexibility index (Phi) is 6.00. The van der Waals surface area contributed by atoms with E-state index in [2.05, 4.69) is 15.9 Å². The molecule has 0 saturated heterocycles. The molecule has 0 spiro atoms. The first-order valence-corrected chi connectivity index (χ1v) is 12.0. The molecule has 14 heteroatoms. The predicted molar refractivity (Wildman–Crippen MR) is 112 cm³/mol. The van der Waals surface area contributed by atoms with Crippen LogP contribution >= 0.6 is 53.3 Å². The highest BCUT2D eigenvalue weighted by Crippen LogP contribution is 3.08. The monoisotopic (exact) mass is 606 g/mol. The summed E-state index contributed by atoms with van der Waals surface area (Å²) in [7, 11) is -10.7. The van der Waals surface area contributed by atoms with Crippen LogP contribution in [0.3, 0.4) is 0 Å². The van der Waals surface area contributed by atoms with Crippen molar-refractivity contribution < 1.29 is 33.5 Å². The second-order valence-electron chi connectivity index (χ2n) is 6.08. The molecule has 0 saturated carbocycles. The number of carbonyl (C=O) groups excluding carboxylic acids is 1. The second kappa shape index (κ2) is 7.17. The Hall–Kier alpha value is -1.18. The summed E-state index contributed by atoms with van der Waals surface area (Å²) in [5.74, 6) is -1.28. The Morgan fingerprint density at radius 1 is 1.07 bits per heavy atom. The van der Waals surface area contributed by atoms with Crippen LogP contribution in [0.5, 0.6) is 0 Å². The van der Waals surface area contributed by atoms with E-state index < -0.39 is 41.5 Å². The van der Waals surface area contributed by atoms with Crippen LogP contribution in [0.4, 0.5) is 40.1 Å². The second-order valence-corrected chi connectivity index (χ2v) is 11.4. The Labute approximate surface area is 187 Å². The van der Waals surface area contributed by atoms with E-state index >= 15 is 0 Å². The summed E-state index contributed by atoms with van der Waals surface area (Å²) in [6.07, 6.45) is 0. The number of nitrogens with two attached hydrogens (primary N) is 1. The van der Waals surface area contributed by atoms with Crippen LogP contribution in [-0.4, -0.2) is 21.1 Å². The van der Waals surface area contributed by atoms with Gasteiger partial charge in [-0.2, -0.15) is 8.78 Å². The fourth-order valence-corrected chi connectivity index (χ4v) is 5.95. The van der Waals surface area contributed by atoms with E-state index in [9.17, 15) is 33.5 Å². The van der Waals surface area contributed by atoms with Crippen molar-refractivity contribution in [3.05, 3.63) is 53.1 Å². The largest absolute Gasteiger partial charge is 0.401 e. The molecule has 30 heavy (non-hydrogen) atoms. The fraction of sp³-hybridized carbons (Fsp3) is 0.188. The highest BCUT2D eigenvalue weighted by atomic mass is 79.9. The first-order chi connectivity index (χ1) is 13.4. The fourth-order valence-electron chi connectivity index (χ4n) is 2.36. The van der Waals surface area contributed by atoms with Crippen LogP contribution < -0.4 is 11.1 Å². The van der Waals surface area contributed by atoms with Gasteiger partial charge in [0.2, 0.25) is 9.84 Å². The third-order valence-electron chi connectivity index (χ3n) is 3.96. The summed E-state index contributed by atoms with van der Waals surface area (Å²) in [5.41, 5.74) is 3.70. The molecule has 0 aromatic heterocycles. The van der Waals surface area contributed by atoms with Gasteiger partial charge in [-0.3, -0.25) is 4.79 Å². The number of alkyl halides is 5. The van der Waals surface area contributed by atoms with E-state index in [1.807, 2.05) is 0 Å². The topological polar surface area (TPSA) is 55.1 Å². The molecule has 168 valence electrons. The Morgan fingerprint density at radius 2 is 1.63 bits per heavy atom. The number of benzene rings is 2. The van der Waals surface area contributed by atoms with Crippen molar-refractivity contribution in [1.29, 1.82) is 0 Å². The summed E-state index contributed by atoms with van der Waals surface area (Å²) in [5, 5.41) is -6.69. The molecule has 0 radical (unpaired) electrons. The standard InChI is InChI=1S/C16H12Br2ClF7N2OS/c17-8-15(18,20)16(21,22)30(23,24,25,26)12-7-2-1-6-11(12)28-14(29)9-4-3-5-10(27)13(9)19/h1-7H,8,27H2,(H,28,29). The van der Waals surface area contributed by atoms with E-state index in [4.69, 9.17) is 17.3 Å². The number of hydrogen-bond donors (Lipinski definition) is 2. The van der Waals surface area contributed by atoms with Crippen molar-refractivity contribution in [3.63, 3.8) is 0 Å². The van der Waals surface area contributed by atoms with Gasteiger partial charge in [0.15, 0.2) is 0 Å². The molecule has 0 aliphatic rings. The number of halogens is 10. The maximum Gasteiger partial charge on any atom is 0.401 e. The third-order valence-corrected chi connectivity index (χ3v) is 9.54. The minimum Gasteiger partial charge on any atom is -0.398 e. The number of anilines is 2. The lowest BCUT2D eigenvalue weighted by Crippen LogP contribution is -2.51. The summed E-state index contributed by atoms with van der Waals surface area (Å²) in [4.78, 5) is 9.86. The van der Waals surface area contributed by atoms with Gasteiger partial charge in [0.05, 0.1) is 27.3 Å². The third kappa shape index (κ3) is 3.78.